The van der Waals surface area contributed by atoms with Crippen LogP contribution in [0.1, 0.15) is 26.7 Å². The summed E-state index contributed by atoms with van der Waals surface area (Å²) in [4.78, 5) is 0. The number of likely N-dealkylation sites (tertiary alicyclic amines) is 1. The molecule has 0 aromatic rings. The lowest BCUT2D eigenvalue weighted by atomic mass is 9.92. The van der Waals surface area contributed by atoms with Crippen LogP contribution in [0.3, 0.4) is 0 Å². The number of epoxide rings is 1. The van der Waals surface area contributed by atoms with Crippen molar-refractivity contribution in [2.45, 2.75) is 32.8 Å². The molecule has 2 fully saturated rings. The van der Waals surface area contributed by atoms with Crippen molar-refractivity contribution in [2.75, 3.05) is 33.3 Å². The van der Waals surface area contributed by atoms with Crippen LogP contribution in [0.15, 0.2) is 0 Å². The predicted octanol–water partition coefficient (Wildman–Crippen LogP) is 1.90. The Morgan fingerprint density at radius 3 is 2.00 bits per heavy atom. The van der Waals surface area contributed by atoms with Gasteiger partial charge in [-0.15, -0.1) is 0 Å². The molecule has 3 atom stereocenters. The van der Waals surface area contributed by atoms with Gasteiger partial charge < -0.3 is 9.22 Å². The third kappa shape index (κ3) is 2.12. The molecular formula is C12H24NO+. The lowest BCUT2D eigenvalue weighted by molar-refractivity contribution is -0.900. The summed E-state index contributed by atoms with van der Waals surface area (Å²) in [7, 11) is 2.42. The van der Waals surface area contributed by atoms with Gasteiger partial charge in [-0.3, -0.25) is 0 Å². The Morgan fingerprint density at radius 1 is 1.14 bits per heavy atom. The van der Waals surface area contributed by atoms with E-state index in [1.165, 1.54) is 37.0 Å². The fraction of sp³-hybridized carbons (Fsp3) is 1.00. The minimum atomic E-state index is 0.591. The van der Waals surface area contributed by atoms with Crippen LogP contribution >= 0.6 is 0 Å². The highest BCUT2D eigenvalue weighted by Gasteiger charge is 2.44. The summed E-state index contributed by atoms with van der Waals surface area (Å²) in [5.41, 5.74) is 0. The average molecular weight is 198 g/mol. The summed E-state index contributed by atoms with van der Waals surface area (Å²) >= 11 is 0. The second kappa shape index (κ2) is 3.82. The first-order valence-corrected chi connectivity index (χ1v) is 6.12. The Bertz CT molecular complexity index is 188. The molecule has 0 spiro atoms. The molecule has 2 rings (SSSR count). The van der Waals surface area contributed by atoms with Crippen LogP contribution in [0, 0.1) is 11.8 Å². The third-order valence-corrected chi connectivity index (χ3v) is 4.11. The molecule has 2 aliphatic rings. The summed E-state index contributed by atoms with van der Waals surface area (Å²) in [5.74, 6) is 1.92. The van der Waals surface area contributed by atoms with Gasteiger partial charge in [-0.2, -0.15) is 0 Å². The Hall–Kier alpha value is -0.0800. The molecule has 0 N–H and O–H groups in total. The van der Waals surface area contributed by atoms with Crippen molar-refractivity contribution in [1.29, 1.82) is 0 Å². The maximum Gasteiger partial charge on any atom is 0.130 e. The van der Waals surface area contributed by atoms with E-state index in [4.69, 9.17) is 4.74 Å². The van der Waals surface area contributed by atoms with E-state index in [2.05, 4.69) is 20.9 Å². The van der Waals surface area contributed by atoms with E-state index in [1.807, 2.05) is 0 Å². The first-order chi connectivity index (χ1) is 6.67. The van der Waals surface area contributed by atoms with E-state index in [0.29, 0.717) is 6.10 Å². The zero-order valence-corrected chi connectivity index (χ0v) is 9.83. The lowest BCUT2D eigenvalue weighted by Gasteiger charge is -2.29. The van der Waals surface area contributed by atoms with Crippen molar-refractivity contribution in [3.8, 4) is 0 Å². The van der Waals surface area contributed by atoms with Gasteiger partial charge in [0, 0.05) is 11.8 Å². The fourth-order valence-corrected chi connectivity index (χ4v) is 3.24. The van der Waals surface area contributed by atoms with Gasteiger partial charge in [0.25, 0.3) is 0 Å². The molecule has 2 saturated heterocycles. The summed E-state index contributed by atoms with van der Waals surface area (Å²) in [5, 5.41) is 0. The molecule has 0 saturated carbocycles. The summed E-state index contributed by atoms with van der Waals surface area (Å²) in [6, 6.07) is 0. The molecule has 3 unspecified atom stereocenters. The predicted molar refractivity (Wildman–Crippen MR) is 58.1 cm³/mol. The standard InChI is InChI=1S/C12H24NO/c1-4-10-6-13(3,7-11(10)5-2)8-12-9-14-12/h10-12H,4-9H2,1-3H3/q+1. The van der Waals surface area contributed by atoms with Gasteiger partial charge in [-0.25, -0.2) is 0 Å². The number of rotatable bonds is 4. The van der Waals surface area contributed by atoms with Crippen LogP contribution < -0.4 is 0 Å². The monoisotopic (exact) mass is 198 g/mol. The van der Waals surface area contributed by atoms with Gasteiger partial charge in [0.1, 0.15) is 12.6 Å². The van der Waals surface area contributed by atoms with Gasteiger partial charge in [0.15, 0.2) is 0 Å². The molecule has 0 radical (unpaired) electrons. The fourth-order valence-electron chi connectivity index (χ4n) is 3.24. The second-order valence-electron chi connectivity index (χ2n) is 5.46. The van der Waals surface area contributed by atoms with E-state index >= 15 is 0 Å². The van der Waals surface area contributed by atoms with Gasteiger partial charge in [0.2, 0.25) is 0 Å². The highest BCUT2D eigenvalue weighted by atomic mass is 16.6. The van der Waals surface area contributed by atoms with Crippen molar-refractivity contribution in [1.82, 2.24) is 0 Å². The molecular weight excluding hydrogens is 174 g/mol. The minimum absolute atomic E-state index is 0.591. The molecule has 0 bridgehead atoms. The molecule has 82 valence electrons. The van der Waals surface area contributed by atoms with Crippen LogP contribution in [0.5, 0.6) is 0 Å². The molecule has 2 heteroatoms. The summed E-state index contributed by atoms with van der Waals surface area (Å²) < 4.78 is 6.62. The van der Waals surface area contributed by atoms with E-state index in [9.17, 15) is 0 Å². The number of nitrogens with zero attached hydrogens (tertiary/aromatic N) is 1. The van der Waals surface area contributed by atoms with Crippen molar-refractivity contribution in [3.63, 3.8) is 0 Å². The number of ether oxygens (including phenoxy) is 1. The summed E-state index contributed by atoms with van der Waals surface area (Å²) in [6.45, 7) is 9.73. The van der Waals surface area contributed by atoms with Crippen LogP contribution in [0.2, 0.25) is 0 Å². The van der Waals surface area contributed by atoms with E-state index in [1.54, 1.807) is 0 Å². The van der Waals surface area contributed by atoms with Crippen molar-refractivity contribution < 1.29 is 9.22 Å². The smallest absolute Gasteiger partial charge is 0.130 e. The van der Waals surface area contributed by atoms with E-state index in [0.717, 1.165) is 18.4 Å². The normalized spacial score (nSPS) is 46.9. The molecule has 2 heterocycles. The average Bonchev–Trinajstić information content (AvgIpc) is 2.88. The first kappa shape index (κ1) is 10.4. The zero-order valence-electron chi connectivity index (χ0n) is 9.83. The molecule has 14 heavy (non-hydrogen) atoms. The van der Waals surface area contributed by atoms with E-state index in [-0.39, 0.29) is 0 Å². The molecule has 0 amide bonds. The highest BCUT2D eigenvalue weighted by molar-refractivity contribution is 4.77. The molecule has 0 aromatic heterocycles. The Labute approximate surface area is 87.8 Å². The largest absolute Gasteiger partial charge is 0.367 e. The molecule has 2 aliphatic heterocycles. The van der Waals surface area contributed by atoms with E-state index < -0.39 is 0 Å². The topological polar surface area (TPSA) is 12.5 Å². The maximum atomic E-state index is 5.36. The van der Waals surface area contributed by atoms with Crippen LogP contribution in [0.4, 0.5) is 0 Å². The number of quaternary nitrogens is 1. The van der Waals surface area contributed by atoms with Gasteiger partial charge in [-0.1, -0.05) is 13.8 Å². The summed E-state index contributed by atoms with van der Waals surface area (Å²) in [6.07, 6.45) is 3.31. The Balaban J connectivity index is 1.94. The van der Waals surface area contributed by atoms with Crippen molar-refractivity contribution in [2.24, 2.45) is 11.8 Å². The van der Waals surface area contributed by atoms with Gasteiger partial charge in [-0.05, 0) is 12.8 Å². The molecule has 2 nitrogen and oxygen atoms in total. The number of likely N-dealkylation sites (N-methyl/N-ethyl adjacent to an activating group) is 1. The van der Waals surface area contributed by atoms with Crippen LogP contribution in [-0.2, 0) is 4.74 Å². The third-order valence-electron chi connectivity index (χ3n) is 4.11. The lowest BCUT2D eigenvalue weighted by Crippen LogP contribution is -2.44. The molecule has 0 aliphatic carbocycles. The zero-order chi connectivity index (χ0) is 10.2. The van der Waals surface area contributed by atoms with Crippen molar-refractivity contribution in [3.05, 3.63) is 0 Å². The first-order valence-electron chi connectivity index (χ1n) is 6.12. The molecule has 0 aromatic carbocycles. The van der Waals surface area contributed by atoms with Crippen LogP contribution in [0.25, 0.3) is 0 Å². The Morgan fingerprint density at radius 2 is 1.64 bits per heavy atom. The SMILES string of the molecule is CCC1C[N+](C)(CC2CO2)CC1CC. The van der Waals surface area contributed by atoms with Gasteiger partial charge >= 0.3 is 0 Å². The maximum absolute atomic E-state index is 5.36. The van der Waals surface area contributed by atoms with Gasteiger partial charge in [0.05, 0.1) is 26.7 Å². The number of hydrogen-bond acceptors (Lipinski definition) is 1. The second-order valence-corrected chi connectivity index (χ2v) is 5.46. The minimum Gasteiger partial charge on any atom is -0.367 e. The van der Waals surface area contributed by atoms with Crippen LogP contribution in [-0.4, -0.2) is 43.9 Å². The van der Waals surface area contributed by atoms with Crippen molar-refractivity contribution >= 4 is 0 Å². The number of hydrogen-bond donors (Lipinski definition) is 0. The highest BCUT2D eigenvalue weighted by Crippen LogP contribution is 2.34. The quantitative estimate of drug-likeness (QED) is 0.496. The Kier molecular flexibility index (Phi) is 2.85.